The van der Waals surface area contributed by atoms with Crippen molar-refractivity contribution in [1.29, 1.82) is 0 Å². The van der Waals surface area contributed by atoms with Crippen molar-refractivity contribution in [2.75, 3.05) is 33.0 Å². The zero-order chi connectivity index (χ0) is 15.6. The van der Waals surface area contributed by atoms with Crippen molar-refractivity contribution in [3.8, 4) is 0 Å². The first kappa shape index (κ1) is 20.9. The smallest absolute Gasteiger partial charge is 0.0494 e. The lowest BCUT2D eigenvalue weighted by atomic mass is 9.99. The number of rotatable bonds is 17. The molecule has 0 saturated carbocycles. The van der Waals surface area contributed by atoms with E-state index in [9.17, 15) is 0 Å². The molecule has 0 radical (unpaired) electrons. The van der Waals surface area contributed by atoms with Gasteiger partial charge in [0, 0.05) is 33.0 Å². The van der Waals surface area contributed by atoms with Crippen molar-refractivity contribution in [1.82, 2.24) is 0 Å². The highest BCUT2D eigenvalue weighted by Crippen LogP contribution is 2.14. The Morgan fingerprint density at radius 3 is 2.05 bits per heavy atom. The molecular formula is C18H38O3. The summed E-state index contributed by atoms with van der Waals surface area (Å²) in [7, 11) is 0. The predicted octanol–water partition coefficient (Wildman–Crippen LogP) is 4.57. The van der Waals surface area contributed by atoms with Crippen LogP contribution in [0.1, 0.15) is 78.1 Å². The monoisotopic (exact) mass is 302 g/mol. The maximum atomic E-state index is 8.64. The van der Waals surface area contributed by atoms with Gasteiger partial charge in [0.05, 0.1) is 0 Å². The SMILES string of the molecule is CCCCCCC(CC)COCCCCOCCCCO. The summed E-state index contributed by atoms with van der Waals surface area (Å²) in [6.45, 7) is 8.20. The first-order valence-corrected chi connectivity index (χ1v) is 9.11. The van der Waals surface area contributed by atoms with Gasteiger partial charge in [-0.1, -0.05) is 46.0 Å². The van der Waals surface area contributed by atoms with Crippen LogP contribution in [0.5, 0.6) is 0 Å². The summed E-state index contributed by atoms with van der Waals surface area (Å²) in [5.41, 5.74) is 0. The lowest BCUT2D eigenvalue weighted by Crippen LogP contribution is -2.10. The van der Waals surface area contributed by atoms with Crippen LogP contribution in [0, 0.1) is 5.92 Å². The molecule has 0 aromatic carbocycles. The molecule has 3 nitrogen and oxygen atoms in total. The second-order valence-electron chi connectivity index (χ2n) is 5.95. The zero-order valence-corrected chi connectivity index (χ0v) is 14.4. The molecule has 0 rings (SSSR count). The third-order valence-electron chi connectivity index (χ3n) is 3.92. The lowest BCUT2D eigenvalue weighted by molar-refractivity contribution is 0.0781. The van der Waals surface area contributed by atoms with Gasteiger partial charge in [-0.3, -0.25) is 0 Å². The molecule has 0 fully saturated rings. The molecule has 0 aromatic rings. The maximum absolute atomic E-state index is 8.64. The van der Waals surface area contributed by atoms with E-state index in [0.717, 1.165) is 58.0 Å². The van der Waals surface area contributed by atoms with E-state index in [0.29, 0.717) is 0 Å². The van der Waals surface area contributed by atoms with Gasteiger partial charge in [0.1, 0.15) is 0 Å². The van der Waals surface area contributed by atoms with E-state index >= 15 is 0 Å². The van der Waals surface area contributed by atoms with Gasteiger partial charge in [0.25, 0.3) is 0 Å². The minimum atomic E-state index is 0.272. The fourth-order valence-corrected chi connectivity index (χ4v) is 2.34. The van der Waals surface area contributed by atoms with Crippen LogP contribution in [-0.2, 0) is 9.47 Å². The fraction of sp³-hybridized carbons (Fsp3) is 1.00. The van der Waals surface area contributed by atoms with Crippen LogP contribution in [0.25, 0.3) is 0 Å². The topological polar surface area (TPSA) is 38.7 Å². The second-order valence-corrected chi connectivity index (χ2v) is 5.95. The number of aliphatic hydroxyl groups is 1. The Morgan fingerprint density at radius 2 is 1.43 bits per heavy atom. The highest BCUT2D eigenvalue weighted by atomic mass is 16.5. The first-order chi connectivity index (χ1) is 10.3. The van der Waals surface area contributed by atoms with E-state index in [-0.39, 0.29) is 6.61 Å². The minimum Gasteiger partial charge on any atom is -0.396 e. The lowest BCUT2D eigenvalue weighted by Gasteiger charge is -2.15. The third kappa shape index (κ3) is 16.1. The highest BCUT2D eigenvalue weighted by molar-refractivity contribution is 4.57. The summed E-state index contributed by atoms with van der Waals surface area (Å²) < 4.78 is 11.3. The Bertz CT molecular complexity index is 185. The van der Waals surface area contributed by atoms with Crippen LogP contribution in [-0.4, -0.2) is 38.1 Å². The number of hydrogen-bond acceptors (Lipinski definition) is 3. The normalized spacial score (nSPS) is 12.7. The molecule has 1 N–H and O–H groups in total. The highest BCUT2D eigenvalue weighted by Gasteiger charge is 2.06. The van der Waals surface area contributed by atoms with Crippen molar-refractivity contribution in [2.24, 2.45) is 5.92 Å². The van der Waals surface area contributed by atoms with Crippen molar-refractivity contribution in [3.63, 3.8) is 0 Å². The Labute approximate surface area is 132 Å². The van der Waals surface area contributed by atoms with Crippen molar-refractivity contribution in [2.45, 2.75) is 78.1 Å². The Hall–Kier alpha value is -0.120. The van der Waals surface area contributed by atoms with Gasteiger partial charge in [0.15, 0.2) is 0 Å². The van der Waals surface area contributed by atoms with E-state index in [4.69, 9.17) is 14.6 Å². The minimum absolute atomic E-state index is 0.272. The van der Waals surface area contributed by atoms with E-state index in [1.807, 2.05) is 0 Å². The molecule has 0 aliphatic rings. The number of unbranched alkanes of at least 4 members (excludes halogenated alkanes) is 5. The molecule has 0 aromatic heterocycles. The summed E-state index contributed by atoms with van der Waals surface area (Å²) in [4.78, 5) is 0. The standard InChI is InChI=1S/C18H38O3/c1-3-5-6-7-12-18(4-2)17-21-16-11-10-15-20-14-9-8-13-19/h18-19H,3-17H2,1-2H3. The molecule has 21 heavy (non-hydrogen) atoms. The van der Waals surface area contributed by atoms with Crippen molar-refractivity contribution < 1.29 is 14.6 Å². The van der Waals surface area contributed by atoms with Gasteiger partial charge >= 0.3 is 0 Å². The molecule has 1 atom stereocenters. The van der Waals surface area contributed by atoms with Gasteiger partial charge < -0.3 is 14.6 Å². The molecule has 0 saturated heterocycles. The van der Waals surface area contributed by atoms with Gasteiger partial charge in [-0.05, 0) is 38.0 Å². The van der Waals surface area contributed by atoms with E-state index in [1.165, 1.54) is 38.5 Å². The summed E-state index contributed by atoms with van der Waals surface area (Å²) in [6.07, 6.45) is 12.0. The molecule has 3 heteroatoms. The van der Waals surface area contributed by atoms with E-state index in [2.05, 4.69) is 13.8 Å². The second kappa shape index (κ2) is 17.9. The summed E-state index contributed by atoms with van der Waals surface area (Å²) in [6, 6.07) is 0. The quantitative estimate of drug-likeness (QED) is 0.400. The predicted molar refractivity (Wildman–Crippen MR) is 89.7 cm³/mol. The molecular weight excluding hydrogens is 264 g/mol. The average molecular weight is 302 g/mol. The zero-order valence-electron chi connectivity index (χ0n) is 14.4. The number of hydrogen-bond donors (Lipinski definition) is 1. The molecule has 0 spiro atoms. The Balaban J connectivity index is 3.23. The Kier molecular flexibility index (Phi) is 17.8. The van der Waals surface area contributed by atoms with Gasteiger partial charge in [-0.25, -0.2) is 0 Å². The largest absolute Gasteiger partial charge is 0.396 e. The molecule has 0 aliphatic heterocycles. The fourth-order valence-electron chi connectivity index (χ4n) is 2.34. The van der Waals surface area contributed by atoms with Gasteiger partial charge in [-0.15, -0.1) is 0 Å². The molecule has 0 aliphatic carbocycles. The van der Waals surface area contributed by atoms with Crippen molar-refractivity contribution in [3.05, 3.63) is 0 Å². The summed E-state index contributed by atoms with van der Waals surface area (Å²) >= 11 is 0. The van der Waals surface area contributed by atoms with E-state index < -0.39 is 0 Å². The maximum Gasteiger partial charge on any atom is 0.0494 e. The van der Waals surface area contributed by atoms with Crippen LogP contribution in [0.3, 0.4) is 0 Å². The molecule has 0 bridgehead atoms. The van der Waals surface area contributed by atoms with Gasteiger partial charge in [0.2, 0.25) is 0 Å². The molecule has 128 valence electrons. The van der Waals surface area contributed by atoms with Crippen LogP contribution in [0.2, 0.25) is 0 Å². The molecule has 0 heterocycles. The van der Waals surface area contributed by atoms with Crippen LogP contribution >= 0.6 is 0 Å². The van der Waals surface area contributed by atoms with Gasteiger partial charge in [-0.2, -0.15) is 0 Å². The Morgan fingerprint density at radius 1 is 0.762 bits per heavy atom. The molecule has 1 unspecified atom stereocenters. The summed E-state index contributed by atoms with van der Waals surface area (Å²) in [5.74, 6) is 0.747. The van der Waals surface area contributed by atoms with E-state index in [1.54, 1.807) is 0 Å². The molecule has 0 amide bonds. The number of aliphatic hydroxyl groups excluding tert-OH is 1. The average Bonchev–Trinajstić information content (AvgIpc) is 2.51. The van der Waals surface area contributed by atoms with Crippen LogP contribution < -0.4 is 0 Å². The first-order valence-electron chi connectivity index (χ1n) is 9.11. The van der Waals surface area contributed by atoms with Crippen LogP contribution in [0.15, 0.2) is 0 Å². The van der Waals surface area contributed by atoms with Crippen LogP contribution in [0.4, 0.5) is 0 Å². The summed E-state index contributed by atoms with van der Waals surface area (Å²) in [5, 5.41) is 8.64. The van der Waals surface area contributed by atoms with Crippen molar-refractivity contribution >= 4 is 0 Å². The third-order valence-corrected chi connectivity index (χ3v) is 3.92. The number of ether oxygens (including phenoxy) is 2.